The predicted molar refractivity (Wildman–Crippen MR) is 78.1 cm³/mol. The van der Waals surface area contributed by atoms with Crippen LogP contribution in [0.5, 0.6) is 0 Å². The molecular formula is C16H27NO. The Balaban J connectivity index is 2.49. The van der Waals surface area contributed by atoms with Gasteiger partial charge in [0.2, 0.25) is 0 Å². The highest BCUT2D eigenvalue weighted by atomic mass is 16.5. The molecule has 1 atom stereocenters. The smallest absolute Gasteiger partial charge is 0.0488 e. The van der Waals surface area contributed by atoms with Crippen LogP contribution in [-0.2, 0) is 4.74 Å². The third kappa shape index (κ3) is 5.65. The van der Waals surface area contributed by atoms with Gasteiger partial charge in [-0.25, -0.2) is 0 Å². The van der Waals surface area contributed by atoms with Crippen molar-refractivity contribution < 1.29 is 4.74 Å². The summed E-state index contributed by atoms with van der Waals surface area (Å²) in [6, 6.07) is 8.79. The van der Waals surface area contributed by atoms with Gasteiger partial charge in [-0.15, -0.1) is 0 Å². The van der Waals surface area contributed by atoms with Crippen LogP contribution in [0, 0.1) is 12.8 Å². The molecule has 0 bridgehead atoms. The van der Waals surface area contributed by atoms with E-state index in [-0.39, 0.29) is 0 Å². The van der Waals surface area contributed by atoms with Gasteiger partial charge in [-0.1, -0.05) is 43.7 Å². The summed E-state index contributed by atoms with van der Waals surface area (Å²) in [7, 11) is 2.01. The first kappa shape index (κ1) is 15.2. The second-order valence-electron chi connectivity index (χ2n) is 5.43. The van der Waals surface area contributed by atoms with Crippen molar-refractivity contribution in [3.8, 4) is 0 Å². The lowest BCUT2D eigenvalue weighted by molar-refractivity contribution is 0.104. The standard InChI is InChI=1S/C16H27NO/c1-13(2)12-18-9-8-16(11-17-4)15-7-5-6-14(3)10-15/h5-7,10,13,16-17H,8-9,11-12H2,1-4H3. The Labute approximate surface area is 112 Å². The van der Waals surface area contributed by atoms with Crippen LogP contribution in [0.3, 0.4) is 0 Å². The summed E-state index contributed by atoms with van der Waals surface area (Å²) in [4.78, 5) is 0. The molecule has 0 aliphatic carbocycles. The van der Waals surface area contributed by atoms with Crippen LogP contribution in [0.15, 0.2) is 24.3 Å². The number of rotatable bonds is 8. The molecule has 0 aliphatic rings. The number of hydrogen-bond donors (Lipinski definition) is 1. The highest BCUT2D eigenvalue weighted by Crippen LogP contribution is 2.20. The van der Waals surface area contributed by atoms with Crippen LogP contribution >= 0.6 is 0 Å². The molecule has 1 unspecified atom stereocenters. The Hall–Kier alpha value is -0.860. The van der Waals surface area contributed by atoms with Crippen molar-refractivity contribution in [3.05, 3.63) is 35.4 Å². The number of ether oxygens (including phenoxy) is 1. The summed E-state index contributed by atoms with van der Waals surface area (Å²) in [5.74, 6) is 1.16. The zero-order valence-electron chi connectivity index (χ0n) is 12.2. The number of nitrogens with one attached hydrogen (secondary N) is 1. The van der Waals surface area contributed by atoms with Gasteiger partial charge in [0.25, 0.3) is 0 Å². The Morgan fingerprint density at radius 1 is 1.28 bits per heavy atom. The van der Waals surface area contributed by atoms with Gasteiger partial charge < -0.3 is 10.1 Å². The van der Waals surface area contributed by atoms with Crippen molar-refractivity contribution in [1.29, 1.82) is 0 Å². The summed E-state index contributed by atoms with van der Waals surface area (Å²) < 4.78 is 5.70. The van der Waals surface area contributed by atoms with Crippen LogP contribution in [0.25, 0.3) is 0 Å². The Bertz CT molecular complexity index is 336. The lowest BCUT2D eigenvalue weighted by atomic mass is 9.94. The molecule has 0 amide bonds. The molecule has 0 heterocycles. The van der Waals surface area contributed by atoms with Crippen LogP contribution in [0.4, 0.5) is 0 Å². The molecule has 0 aromatic heterocycles. The molecular weight excluding hydrogens is 222 g/mol. The number of hydrogen-bond acceptors (Lipinski definition) is 2. The average molecular weight is 249 g/mol. The second kappa shape index (κ2) is 8.28. The third-order valence-electron chi connectivity index (χ3n) is 3.03. The monoisotopic (exact) mass is 249 g/mol. The predicted octanol–water partition coefficient (Wildman–Crippen LogP) is 3.36. The molecule has 102 valence electrons. The summed E-state index contributed by atoms with van der Waals surface area (Å²) in [5.41, 5.74) is 2.74. The van der Waals surface area contributed by atoms with E-state index >= 15 is 0 Å². The van der Waals surface area contributed by atoms with Gasteiger partial charge in [0.15, 0.2) is 0 Å². The van der Waals surface area contributed by atoms with Crippen molar-refractivity contribution in [2.75, 3.05) is 26.8 Å². The topological polar surface area (TPSA) is 21.3 Å². The van der Waals surface area contributed by atoms with Gasteiger partial charge in [0.05, 0.1) is 0 Å². The molecule has 0 aliphatic heterocycles. The minimum atomic E-state index is 0.544. The highest BCUT2D eigenvalue weighted by Gasteiger charge is 2.10. The normalized spacial score (nSPS) is 12.9. The fourth-order valence-electron chi connectivity index (χ4n) is 2.10. The number of aryl methyl sites for hydroxylation is 1. The van der Waals surface area contributed by atoms with E-state index in [0.29, 0.717) is 11.8 Å². The summed E-state index contributed by atoms with van der Waals surface area (Å²) in [6.45, 7) is 9.24. The molecule has 1 aromatic carbocycles. The SMILES string of the molecule is CNCC(CCOCC(C)C)c1cccc(C)c1. The maximum absolute atomic E-state index is 5.70. The van der Waals surface area contributed by atoms with E-state index in [0.717, 1.165) is 26.2 Å². The molecule has 1 aromatic rings. The van der Waals surface area contributed by atoms with E-state index < -0.39 is 0 Å². The fourth-order valence-corrected chi connectivity index (χ4v) is 2.10. The third-order valence-corrected chi connectivity index (χ3v) is 3.03. The summed E-state index contributed by atoms with van der Waals surface area (Å²) in [5, 5.41) is 3.28. The van der Waals surface area contributed by atoms with Crippen LogP contribution in [0.2, 0.25) is 0 Å². The Morgan fingerprint density at radius 3 is 2.67 bits per heavy atom. The summed E-state index contributed by atoms with van der Waals surface area (Å²) in [6.07, 6.45) is 1.08. The van der Waals surface area contributed by atoms with Gasteiger partial charge in [-0.05, 0) is 37.8 Å². The molecule has 0 radical (unpaired) electrons. The minimum absolute atomic E-state index is 0.544. The maximum atomic E-state index is 5.70. The molecule has 1 rings (SSSR count). The van der Waals surface area contributed by atoms with Gasteiger partial charge >= 0.3 is 0 Å². The molecule has 1 N–H and O–H groups in total. The zero-order chi connectivity index (χ0) is 13.4. The maximum Gasteiger partial charge on any atom is 0.0488 e. The van der Waals surface area contributed by atoms with E-state index in [4.69, 9.17) is 4.74 Å². The van der Waals surface area contributed by atoms with Crippen LogP contribution in [0.1, 0.15) is 37.3 Å². The van der Waals surface area contributed by atoms with E-state index in [2.05, 4.69) is 50.4 Å². The highest BCUT2D eigenvalue weighted by molar-refractivity contribution is 5.25. The molecule has 0 fully saturated rings. The van der Waals surface area contributed by atoms with Gasteiger partial charge in [-0.3, -0.25) is 0 Å². The Morgan fingerprint density at radius 2 is 2.06 bits per heavy atom. The van der Waals surface area contributed by atoms with Crippen molar-refractivity contribution in [2.45, 2.75) is 33.1 Å². The Kier molecular flexibility index (Phi) is 6.99. The van der Waals surface area contributed by atoms with Crippen molar-refractivity contribution >= 4 is 0 Å². The second-order valence-corrected chi connectivity index (χ2v) is 5.43. The largest absolute Gasteiger partial charge is 0.381 e. The quantitative estimate of drug-likeness (QED) is 0.713. The van der Waals surface area contributed by atoms with Crippen LogP contribution < -0.4 is 5.32 Å². The van der Waals surface area contributed by atoms with E-state index in [1.54, 1.807) is 0 Å². The molecule has 0 spiro atoms. The van der Waals surface area contributed by atoms with Crippen molar-refractivity contribution in [2.24, 2.45) is 5.92 Å². The zero-order valence-corrected chi connectivity index (χ0v) is 12.2. The van der Waals surface area contributed by atoms with Crippen LogP contribution in [-0.4, -0.2) is 26.8 Å². The first-order chi connectivity index (χ1) is 8.63. The molecule has 2 heteroatoms. The van der Waals surface area contributed by atoms with Crippen molar-refractivity contribution in [3.63, 3.8) is 0 Å². The first-order valence-corrected chi connectivity index (χ1v) is 6.92. The van der Waals surface area contributed by atoms with Gasteiger partial charge in [0, 0.05) is 19.8 Å². The molecule has 0 saturated heterocycles. The number of likely N-dealkylation sites (N-methyl/N-ethyl adjacent to an activating group) is 1. The fraction of sp³-hybridized carbons (Fsp3) is 0.625. The lowest BCUT2D eigenvalue weighted by Gasteiger charge is -2.18. The molecule has 2 nitrogen and oxygen atoms in total. The van der Waals surface area contributed by atoms with E-state index in [1.807, 2.05) is 7.05 Å². The van der Waals surface area contributed by atoms with E-state index in [9.17, 15) is 0 Å². The number of benzene rings is 1. The minimum Gasteiger partial charge on any atom is -0.381 e. The first-order valence-electron chi connectivity index (χ1n) is 6.92. The lowest BCUT2D eigenvalue weighted by Crippen LogP contribution is -2.19. The summed E-state index contributed by atoms with van der Waals surface area (Å²) >= 11 is 0. The van der Waals surface area contributed by atoms with Gasteiger partial charge in [0.1, 0.15) is 0 Å². The van der Waals surface area contributed by atoms with Crippen molar-refractivity contribution in [1.82, 2.24) is 5.32 Å². The van der Waals surface area contributed by atoms with E-state index in [1.165, 1.54) is 11.1 Å². The molecule has 0 saturated carbocycles. The average Bonchev–Trinajstić information content (AvgIpc) is 2.33. The van der Waals surface area contributed by atoms with Gasteiger partial charge in [-0.2, -0.15) is 0 Å². The molecule has 18 heavy (non-hydrogen) atoms.